The number of hydrogen-bond acceptors (Lipinski definition) is 4. The average molecular weight is 382 g/mol. The molecule has 1 aliphatic heterocycles. The van der Waals surface area contributed by atoms with Gasteiger partial charge in [0.05, 0.1) is 13.2 Å². The number of carbonyl (C=O) groups excluding carboxylic acids is 1. The zero-order valence-corrected chi connectivity index (χ0v) is 17.0. The number of morpholine rings is 1. The van der Waals surface area contributed by atoms with E-state index in [1.807, 2.05) is 18.2 Å². The van der Waals surface area contributed by atoms with Gasteiger partial charge < -0.3 is 15.4 Å². The molecule has 0 bridgehead atoms. The first-order chi connectivity index (χ1) is 13.6. The number of nitrogens with one attached hydrogen (secondary N) is 2. The van der Waals surface area contributed by atoms with Crippen LogP contribution in [-0.2, 0) is 22.6 Å². The summed E-state index contributed by atoms with van der Waals surface area (Å²) >= 11 is 0. The van der Waals surface area contributed by atoms with Gasteiger partial charge in [0.1, 0.15) is 0 Å². The van der Waals surface area contributed by atoms with Crippen LogP contribution in [0.4, 0.5) is 5.69 Å². The van der Waals surface area contributed by atoms with E-state index in [2.05, 4.69) is 53.6 Å². The molecule has 0 aliphatic carbocycles. The summed E-state index contributed by atoms with van der Waals surface area (Å²) in [7, 11) is 0. The second-order valence-corrected chi connectivity index (χ2v) is 7.49. The van der Waals surface area contributed by atoms with Crippen molar-refractivity contribution in [2.45, 2.75) is 33.4 Å². The number of amides is 1. The lowest BCUT2D eigenvalue weighted by atomic mass is 10.1. The summed E-state index contributed by atoms with van der Waals surface area (Å²) in [5, 5.41) is 6.52. The van der Waals surface area contributed by atoms with Gasteiger partial charge >= 0.3 is 0 Å². The molecule has 1 aliphatic rings. The van der Waals surface area contributed by atoms with Crippen LogP contribution in [0.5, 0.6) is 0 Å². The number of rotatable bonds is 8. The predicted molar refractivity (Wildman–Crippen MR) is 113 cm³/mol. The highest BCUT2D eigenvalue weighted by Gasteiger charge is 2.12. The van der Waals surface area contributed by atoms with Gasteiger partial charge in [-0.2, -0.15) is 0 Å². The number of benzene rings is 2. The molecule has 2 aromatic carbocycles. The van der Waals surface area contributed by atoms with Crippen molar-refractivity contribution in [1.29, 1.82) is 0 Å². The SMILES string of the molecule is Cc1ccc(CNCc2cccc(NC(=O)CCN3CCOCC3)c2)c(C)c1. The normalized spacial score (nSPS) is 14.8. The van der Waals surface area contributed by atoms with Crippen LogP contribution in [0.15, 0.2) is 42.5 Å². The number of ether oxygens (including phenoxy) is 1. The topological polar surface area (TPSA) is 53.6 Å². The fourth-order valence-electron chi connectivity index (χ4n) is 3.45. The molecule has 1 heterocycles. The van der Waals surface area contributed by atoms with Crippen LogP contribution >= 0.6 is 0 Å². The summed E-state index contributed by atoms with van der Waals surface area (Å²) in [6, 6.07) is 14.6. The highest BCUT2D eigenvalue weighted by molar-refractivity contribution is 5.90. The Morgan fingerprint density at radius 2 is 1.89 bits per heavy atom. The van der Waals surface area contributed by atoms with E-state index in [-0.39, 0.29) is 5.91 Å². The number of nitrogens with zero attached hydrogens (tertiary/aromatic N) is 1. The standard InChI is InChI=1S/C23H31N3O2/c1-18-6-7-21(19(2)14-18)17-24-16-20-4-3-5-22(15-20)25-23(27)8-9-26-10-12-28-13-11-26/h3-7,14-15,24H,8-13,16-17H2,1-2H3,(H,25,27). The number of hydrogen-bond donors (Lipinski definition) is 2. The van der Waals surface area contributed by atoms with Crippen molar-refractivity contribution in [2.24, 2.45) is 0 Å². The van der Waals surface area contributed by atoms with Gasteiger partial charge in [-0.15, -0.1) is 0 Å². The first kappa shape index (κ1) is 20.5. The molecule has 1 saturated heterocycles. The Balaban J connectivity index is 1.44. The van der Waals surface area contributed by atoms with Crippen molar-refractivity contribution in [3.8, 4) is 0 Å². The molecule has 1 amide bonds. The lowest BCUT2D eigenvalue weighted by Crippen LogP contribution is -2.38. The quantitative estimate of drug-likeness (QED) is 0.737. The maximum atomic E-state index is 12.2. The van der Waals surface area contributed by atoms with Crippen molar-refractivity contribution >= 4 is 11.6 Å². The van der Waals surface area contributed by atoms with E-state index >= 15 is 0 Å². The van der Waals surface area contributed by atoms with Crippen molar-refractivity contribution in [2.75, 3.05) is 38.2 Å². The summed E-state index contributed by atoms with van der Waals surface area (Å²) in [5.41, 5.74) is 5.94. The minimum atomic E-state index is 0.0619. The molecular weight excluding hydrogens is 350 g/mol. The number of anilines is 1. The first-order valence-electron chi connectivity index (χ1n) is 10.1. The Morgan fingerprint density at radius 3 is 2.68 bits per heavy atom. The smallest absolute Gasteiger partial charge is 0.225 e. The Labute approximate surface area is 168 Å². The van der Waals surface area contributed by atoms with E-state index in [4.69, 9.17) is 4.74 Å². The third-order valence-corrected chi connectivity index (χ3v) is 5.11. The van der Waals surface area contributed by atoms with Gasteiger partial charge in [0.25, 0.3) is 0 Å². The highest BCUT2D eigenvalue weighted by Crippen LogP contribution is 2.13. The summed E-state index contributed by atoms with van der Waals surface area (Å²) in [5.74, 6) is 0.0619. The minimum Gasteiger partial charge on any atom is -0.379 e. The molecular formula is C23H31N3O2. The maximum absolute atomic E-state index is 12.2. The van der Waals surface area contributed by atoms with Crippen molar-refractivity contribution in [3.05, 3.63) is 64.7 Å². The van der Waals surface area contributed by atoms with Gasteiger partial charge in [-0.3, -0.25) is 9.69 Å². The molecule has 0 aromatic heterocycles. The number of aryl methyl sites for hydroxylation is 2. The Morgan fingerprint density at radius 1 is 1.07 bits per heavy atom. The molecule has 28 heavy (non-hydrogen) atoms. The Bertz CT molecular complexity index is 785. The van der Waals surface area contributed by atoms with Crippen LogP contribution in [0, 0.1) is 13.8 Å². The molecule has 0 spiro atoms. The molecule has 1 fully saturated rings. The van der Waals surface area contributed by atoms with Crippen LogP contribution in [0.3, 0.4) is 0 Å². The van der Waals surface area contributed by atoms with Crippen molar-refractivity contribution < 1.29 is 9.53 Å². The average Bonchev–Trinajstić information content (AvgIpc) is 2.69. The molecule has 5 heteroatoms. The largest absolute Gasteiger partial charge is 0.379 e. The van der Waals surface area contributed by atoms with Crippen molar-refractivity contribution in [3.63, 3.8) is 0 Å². The lowest BCUT2D eigenvalue weighted by Gasteiger charge is -2.26. The summed E-state index contributed by atoms with van der Waals surface area (Å²) in [4.78, 5) is 14.5. The molecule has 3 rings (SSSR count). The summed E-state index contributed by atoms with van der Waals surface area (Å²) in [6.07, 6.45) is 0.509. The monoisotopic (exact) mass is 381 g/mol. The van der Waals surface area contributed by atoms with Gasteiger partial charge in [0.2, 0.25) is 5.91 Å². The van der Waals surface area contributed by atoms with E-state index in [0.717, 1.165) is 57.2 Å². The van der Waals surface area contributed by atoms with E-state index in [0.29, 0.717) is 6.42 Å². The second-order valence-electron chi connectivity index (χ2n) is 7.49. The Hall–Kier alpha value is -2.21. The molecule has 2 aromatic rings. The first-order valence-corrected chi connectivity index (χ1v) is 10.1. The molecule has 0 radical (unpaired) electrons. The molecule has 0 atom stereocenters. The summed E-state index contributed by atoms with van der Waals surface area (Å²) < 4.78 is 5.34. The maximum Gasteiger partial charge on any atom is 0.225 e. The van der Waals surface area contributed by atoms with Crippen LogP contribution in [-0.4, -0.2) is 43.7 Å². The van der Waals surface area contributed by atoms with E-state index in [9.17, 15) is 4.79 Å². The predicted octanol–water partition coefficient (Wildman–Crippen LogP) is 3.25. The molecule has 2 N–H and O–H groups in total. The molecule has 0 saturated carbocycles. The van der Waals surface area contributed by atoms with Gasteiger partial charge in [-0.25, -0.2) is 0 Å². The fourth-order valence-corrected chi connectivity index (χ4v) is 3.45. The van der Waals surface area contributed by atoms with Crippen molar-refractivity contribution in [1.82, 2.24) is 10.2 Å². The zero-order chi connectivity index (χ0) is 19.8. The van der Waals surface area contributed by atoms with Gasteiger partial charge in [-0.1, -0.05) is 35.9 Å². The minimum absolute atomic E-state index is 0.0619. The van der Waals surface area contributed by atoms with E-state index in [1.54, 1.807) is 0 Å². The summed E-state index contributed by atoms with van der Waals surface area (Å²) in [6.45, 7) is 10.0. The van der Waals surface area contributed by atoms with Crippen LogP contribution in [0.25, 0.3) is 0 Å². The zero-order valence-electron chi connectivity index (χ0n) is 17.0. The van der Waals surface area contributed by atoms with E-state index < -0.39 is 0 Å². The van der Waals surface area contributed by atoms with Gasteiger partial charge in [0.15, 0.2) is 0 Å². The molecule has 0 unspecified atom stereocenters. The fraction of sp³-hybridized carbons (Fsp3) is 0.435. The molecule has 5 nitrogen and oxygen atoms in total. The van der Waals surface area contributed by atoms with Gasteiger partial charge in [-0.05, 0) is 42.7 Å². The Kier molecular flexibility index (Phi) is 7.60. The number of carbonyl (C=O) groups is 1. The van der Waals surface area contributed by atoms with E-state index in [1.165, 1.54) is 16.7 Å². The third-order valence-electron chi connectivity index (χ3n) is 5.11. The van der Waals surface area contributed by atoms with Gasteiger partial charge in [0, 0.05) is 44.8 Å². The highest BCUT2D eigenvalue weighted by atomic mass is 16.5. The lowest BCUT2D eigenvalue weighted by molar-refractivity contribution is -0.116. The molecule has 150 valence electrons. The van der Waals surface area contributed by atoms with Crippen LogP contribution < -0.4 is 10.6 Å². The second kappa shape index (κ2) is 10.4. The third kappa shape index (κ3) is 6.44. The van der Waals surface area contributed by atoms with Crippen LogP contribution in [0.1, 0.15) is 28.7 Å². The van der Waals surface area contributed by atoms with Crippen LogP contribution in [0.2, 0.25) is 0 Å².